The second-order valence-electron chi connectivity index (χ2n) is 6.36. The third kappa shape index (κ3) is 5.02. The molecular weight excluding hydrogens is 311 g/mol. The highest BCUT2D eigenvalue weighted by Gasteiger charge is 2.31. The number of hydrogen-bond donors (Lipinski definition) is 1. The van der Waals surface area contributed by atoms with Crippen LogP contribution < -0.4 is 5.32 Å². The number of alkyl halides is 3. The Morgan fingerprint density at radius 2 is 1.75 bits per heavy atom. The molecule has 1 aromatic rings. The van der Waals surface area contributed by atoms with Gasteiger partial charge in [0, 0.05) is 17.3 Å². The summed E-state index contributed by atoms with van der Waals surface area (Å²) in [7, 11) is 0. The van der Waals surface area contributed by atoms with Crippen molar-refractivity contribution in [3.05, 3.63) is 65.9 Å². The lowest BCUT2D eigenvalue weighted by Crippen LogP contribution is -2.21. The van der Waals surface area contributed by atoms with E-state index in [4.69, 9.17) is 0 Å². The highest BCUT2D eigenvalue weighted by atomic mass is 19.4. The van der Waals surface area contributed by atoms with Gasteiger partial charge in [0.1, 0.15) is 0 Å². The molecule has 0 amide bonds. The highest BCUT2D eigenvalue weighted by Crippen LogP contribution is 2.35. The summed E-state index contributed by atoms with van der Waals surface area (Å²) in [5, 5.41) is 3.05. The summed E-state index contributed by atoms with van der Waals surface area (Å²) in [5.74, 6) is 0.0201. The van der Waals surface area contributed by atoms with E-state index in [2.05, 4.69) is 25.1 Å². The van der Waals surface area contributed by atoms with Gasteiger partial charge < -0.3 is 5.32 Å². The molecule has 2 atom stereocenters. The smallest absolute Gasteiger partial charge is 0.359 e. The Morgan fingerprint density at radius 1 is 1.17 bits per heavy atom. The van der Waals surface area contributed by atoms with E-state index in [0.717, 1.165) is 29.7 Å². The molecule has 4 heteroatoms. The quantitative estimate of drug-likeness (QED) is 0.544. The zero-order chi connectivity index (χ0) is 18.7. The molecule has 0 aliphatic rings. The van der Waals surface area contributed by atoms with Gasteiger partial charge in [0.15, 0.2) is 0 Å². The minimum atomic E-state index is -4.37. The summed E-state index contributed by atoms with van der Waals surface area (Å²) in [5.41, 5.74) is 2.85. The molecule has 0 aliphatic heterocycles. The minimum Gasteiger partial charge on any atom is -0.359 e. The first-order valence-corrected chi connectivity index (χ1v) is 7.95. The maximum atomic E-state index is 13.0. The Balaban J connectivity index is 3.14. The van der Waals surface area contributed by atoms with Crippen molar-refractivity contribution in [2.75, 3.05) is 5.32 Å². The predicted octanol–water partition coefficient (Wildman–Crippen LogP) is 6.73. The highest BCUT2D eigenvalue weighted by molar-refractivity contribution is 5.53. The Kier molecular flexibility index (Phi) is 6.47. The molecule has 0 saturated carbocycles. The van der Waals surface area contributed by atoms with E-state index in [9.17, 15) is 13.2 Å². The second kappa shape index (κ2) is 7.73. The van der Waals surface area contributed by atoms with Crippen molar-refractivity contribution in [2.24, 2.45) is 11.8 Å². The maximum absolute atomic E-state index is 13.0. The van der Waals surface area contributed by atoms with E-state index in [1.807, 2.05) is 20.8 Å². The number of halogens is 3. The van der Waals surface area contributed by atoms with Gasteiger partial charge in [-0.15, -0.1) is 0 Å². The first-order valence-electron chi connectivity index (χ1n) is 7.95. The van der Waals surface area contributed by atoms with E-state index >= 15 is 0 Å². The van der Waals surface area contributed by atoms with Crippen molar-refractivity contribution in [1.82, 2.24) is 0 Å². The zero-order valence-electron chi connectivity index (χ0n) is 14.8. The number of benzene rings is 1. The van der Waals surface area contributed by atoms with Crippen LogP contribution >= 0.6 is 0 Å². The molecule has 0 spiro atoms. The van der Waals surface area contributed by atoms with Crippen molar-refractivity contribution in [3.8, 4) is 0 Å². The van der Waals surface area contributed by atoms with Crippen LogP contribution in [0.4, 0.5) is 18.9 Å². The number of nitrogens with one attached hydrogen (secondary N) is 1. The van der Waals surface area contributed by atoms with Gasteiger partial charge in [-0.25, -0.2) is 0 Å². The van der Waals surface area contributed by atoms with Gasteiger partial charge in [-0.05, 0) is 49.9 Å². The number of aryl methyl sites for hydroxylation is 1. The van der Waals surface area contributed by atoms with E-state index in [0.29, 0.717) is 16.9 Å². The van der Waals surface area contributed by atoms with Gasteiger partial charge in [0.25, 0.3) is 0 Å². The fraction of sp³-hybridized carbons (Fsp3) is 0.400. The molecule has 0 aliphatic carbocycles. The van der Waals surface area contributed by atoms with Crippen LogP contribution in [0, 0.1) is 18.8 Å². The SMILES string of the molecule is C=C(C)C(C)C(C(=C)CC)C(=C)Nc1cc(C)cc(C(F)(F)F)c1. The Labute approximate surface area is 143 Å². The normalized spacial score (nSPS) is 14.0. The Morgan fingerprint density at radius 3 is 2.21 bits per heavy atom. The van der Waals surface area contributed by atoms with Gasteiger partial charge >= 0.3 is 6.18 Å². The van der Waals surface area contributed by atoms with Gasteiger partial charge in [0.05, 0.1) is 5.56 Å². The van der Waals surface area contributed by atoms with Crippen LogP contribution in [0.3, 0.4) is 0 Å². The fourth-order valence-corrected chi connectivity index (χ4v) is 2.69. The van der Waals surface area contributed by atoms with Crippen LogP contribution in [-0.4, -0.2) is 0 Å². The lowest BCUT2D eigenvalue weighted by molar-refractivity contribution is -0.137. The summed E-state index contributed by atoms with van der Waals surface area (Å²) in [4.78, 5) is 0. The van der Waals surface area contributed by atoms with Crippen molar-refractivity contribution >= 4 is 5.69 Å². The van der Waals surface area contributed by atoms with Crippen LogP contribution in [0.15, 0.2) is 54.8 Å². The van der Waals surface area contributed by atoms with Gasteiger partial charge in [0.2, 0.25) is 0 Å². The molecule has 132 valence electrons. The summed E-state index contributed by atoms with van der Waals surface area (Å²) in [6.45, 7) is 19.7. The fourth-order valence-electron chi connectivity index (χ4n) is 2.69. The molecular formula is C20H26F3N. The monoisotopic (exact) mass is 337 g/mol. The van der Waals surface area contributed by atoms with Crippen LogP contribution in [0.5, 0.6) is 0 Å². The molecule has 0 aromatic heterocycles. The second-order valence-corrected chi connectivity index (χ2v) is 6.36. The topological polar surface area (TPSA) is 12.0 Å². The molecule has 1 nitrogen and oxygen atoms in total. The molecule has 0 radical (unpaired) electrons. The number of hydrogen-bond acceptors (Lipinski definition) is 1. The molecule has 0 heterocycles. The van der Waals surface area contributed by atoms with Crippen LogP contribution in [0.2, 0.25) is 0 Å². The molecule has 1 rings (SSSR count). The van der Waals surface area contributed by atoms with Crippen LogP contribution in [0.1, 0.15) is 38.3 Å². The number of rotatable bonds is 7. The first kappa shape index (κ1) is 20.1. The summed E-state index contributed by atoms with van der Waals surface area (Å²) >= 11 is 0. The third-order valence-corrected chi connectivity index (χ3v) is 4.26. The average Bonchev–Trinajstić information content (AvgIpc) is 2.45. The standard InChI is InChI=1S/C20H26F3N/c1-8-14(5)19(15(6)12(2)3)16(7)24-18-10-13(4)9-17(11-18)20(21,22)23/h9-11,15,19,24H,2,5,7-8H2,1,3-4,6H3. The predicted molar refractivity (Wildman–Crippen MR) is 95.8 cm³/mol. The van der Waals surface area contributed by atoms with Gasteiger partial charge in [-0.3, -0.25) is 0 Å². The summed E-state index contributed by atoms with van der Waals surface area (Å²) in [6.07, 6.45) is -3.61. The third-order valence-electron chi connectivity index (χ3n) is 4.26. The molecule has 2 unspecified atom stereocenters. The largest absolute Gasteiger partial charge is 0.416 e. The van der Waals surface area contributed by atoms with Crippen molar-refractivity contribution in [3.63, 3.8) is 0 Å². The van der Waals surface area contributed by atoms with Gasteiger partial charge in [-0.1, -0.05) is 44.7 Å². The van der Waals surface area contributed by atoms with E-state index < -0.39 is 11.7 Å². The first-order chi connectivity index (χ1) is 11.0. The number of allylic oxidation sites excluding steroid dienone is 2. The Hall–Kier alpha value is -1.97. The van der Waals surface area contributed by atoms with E-state index in [1.54, 1.807) is 13.0 Å². The maximum Gasteiger partial charge on any atom is 0.416 e. The molecule has 1 aromatic carbocycles. The average molecular weight is 337 g/mol. The van der Waals surface area contributed by atoms with Crippen molar-refractivity contribution < 1.29 is 13.2 Å². The van der Waals surface area contributed by atoms with E-state index in [-0.39, 0.29) is 11.8 Å². The molecule has 1 N–H and O–H groups in total. The number of anilines is 1. The van der Waals surface area contributed by atoms with Crippen molar-refractivity contribution in [1.29, 1.82) is 0 Å². The molecule has 24 heavy (non-hydrogen) atoms. The molecule has 0 bridgehead atoms. The summed E-state index contributed by atoms with van der Waals surface area (Å²) in [6, 6.07) is 3.92. The lowest BCUT2D eigenvalue weighted by Gasteiger charge is -2.29. The summed E-state index contributed by atoms with van der Waals surface area (Å²) < 4.78 is 39.0. The zero-order valence-corrected chi connectivity index (χ0v) is 14.8. The lowest BCUT2D eigenvalue weighted by atomic mass is 9.80. The molecule has 0 saturated heterocycles. The molecule has 0 fully saturated rings. The van der Waals surface area contributed by atoms with Crippen LogP contribution in [0.25, 0.3) is 0 Å². The van der Waals surface area contributed by atoms with E-state index in [1.165, 1.54) is 0 Å². The van der Waals surface area contributed by atoms with Crippen molar-refractivity contribution in [2.45, 2.75) is 40.3 Å². The van der Waals surface area contributed by atoms with Gasteiger partial charge in [-0.2, -0.15) is 13.2 Å². The van der Waals surface area contributed by atoms with Crippen LogP contribution in [-0.2, 0) is 6.18 Å². The minimum absolute atomic E-state index is 0.0812. The Bertz CT molecular complexity index is 641.